The van der Waals surface area contributed by atoms with Crippen LogP contribution in [-0.2, 0) is 14.8 Å². The number of carbonyl (C=O) groups is 2. The molecule has 0 radical (unpaired) electrons. The van der Waals surface area contributed by atoms with Gasteiger partial charge in [-0.15, -0.1) is 0 Å². The van der Waals surface area contributed by atoms with Gasteiger partial charge in [-0.1, -0.05) is 63.4 Å². The van der Waals surface area contributed by atoms with E-state index in [1.54, 1.807) is 12.1 Å². The Kier molecular flexibility index (Phi) is 8.92. The van der Waals surface area contributed by atoms with Crippen LogP contribution in [-0.4, -0.2) is 56.6 Å². The molecular formula is C27H27BrCl2N4O4S. The second kappa shape index (κ2) is 11.9. The summed E-state index contributed by atoms with van der Waals surface area (Å²) in [6.45, 7) is 2.36. The molecule has 1 saturated heterocycles. The summed E-state index contributed by atoms with van der Waals surface area (Å²) >= 11 is 15.6. The minimum Gasteiger partial charge on any atom is -0.368 e. The molecule has 39 heavy (non-hydrogen) atoms. The van der Waals surface area contributed by atoms with Crippen molar-refractivity contribution < 1.29 is 18.0 Å². The Morgan fingerprint density at radius 1 is 1.00 bits per heavy atom. The highest BCUT2D eigenvalue weighted by atomic mass is 79.9. The van der Waals surface area contributed by atoms with Crippen LogP contribution in [0.2, 0.25) is 10.0 Å². The number of benzene rings is 3. The van der Waals surface area contributed by atoms with Gasteiger partial charge in [0.15, 0.2) is 0 Å². The summed E-state index contributed by atoms with van der Waals surface area (Å²) in [5.41, 5.74) is 7.81. The number of anilines is 1. The average molecular weight is 654 g/mol. The Balaban J connectivity index is 1.63. The van der Waals surface area contributed by atoms with Gasteiger partial charge in [0.2, 0.25) is 15.9 Å². The second-order valence-corrected chi connectivity index (χ2v) is 13.1. The van der Waals surface area contributed by atoms with Crippen LogP contribution < -0.4 is 15.4 Å². The summed E-state index contributed by atoms with van der Waals surface area (Å²) < 4.78 is 27.9. The van der Waals surface area contributed by atoms with Crippen LogP contribution in [0, 0.1) is 0 Å². The van der Waals surface area contributed by atoms with E-state index >= 15 is 0 Å². The molecule has 1 aliphatic rings. The van der Waals surface area contributed by atoms with Crippen LogP contribution in [0.4, 0.5) is 5.69 Å². The number of carbonyl (C=O) groups excluding carboxylic acids is 2. The standard InChI is InChI=1S/C27H27BrCl2N4O4S/c1-16(26(31)35)32-27(36)19-11-20(28)13-23(12-19)34(39(2,37)38)24-14-33(15-24)25(17-3-7-21(29)8-4-17)18-5-9-22(30)10-6-18/h3-13,16,24-25H,14-15H2,1-2H3,(H2,31,35)(H,32,36). The van der Waals surface area contributed by atoms with Crippen molar-refractivity contribution in [3.8, 4) is 0 Å². The SMILES string of the molecule is CC(NC(=O)c1cc(Br)cc(N(C2CN(C(c3ccc(Cl)cc3)c3ccc(Cl)cc3)C2)S(C)(=O)=O)c1)C(N)=O. The van der Waals surface area contributed by atoms with E-state index in [-0.39, 0.29) is 17.6 Å². The first kappa shape index (κ1) is 29.4. The van der Waals surface area contributed by atoms with Crippen LogP contribution in [0.1, 0.15) is 34.5 Å². The topological polar surface area (TPSA) is 113 Å². The number of rotatable bonds is 9. The number of nitrogens with zero attached hydrogens (tertiary/aromatic N) is 2. The number of nitrogens with two attached hydrogens (primary N) is 1. The molecule has 4 rings (SSSR count). The first-order valence-electron chi connectivity index (χ1n) is 12.0. The fraction of sp³-hybridized carbons (Fsp3) is 0.259. The lowest BCUT2D eigenvalue weighted by molar-refractivity contribution is -0.119. The van der Waals surface area contributed by atoms with Crippen molar-refractivity contribution in [2.45, 2.75) is 25.0 Å². The highest BCUT2D eigenvalue weighted by Crippen LogP contribution is 2.37. The van der Waals surface area contributed by atoms with Gasteiger partial charge in [0.25, 0.3) is 5.91 Å². The van der Waals surface area contributed by atoms with Crippen molar-refractivity contribution >= 4 is 66.7 Å². The molecule has 3 aromatic carbocycles. The zero-order chi connectivity index (χ0) is 28.5. The van der Waals surface area contributed by atoms with E-state index in [1.807, 2.05) is 48.5 Å². The van der Waals surface area contributed by atoms with Crippen molar-refractivity contribution in [3.05, 3.63) is 97.9 Å². The van der Waals surface area contributed by atoms with E-state index in [4.69, 9.17) is 28.9 Å². The van der Waals surface area contributed by atoms with E-state index in [9.17, 15) is 18.0 Å². The quantitative estimate of drug-likeness (QED) is 0.351. The third-order valence-corrected chi connectivity index (χ3v) is 8.68. The van der Waals surface area contributed by atoms with Crippen molar-refractivity contribution in [1.29, 1.82) is 0 Å². The van der Waals surface area contributed by atoms with Crippen LogP contribution >= 0.6 is 39.1 Å². The van der Waals surface area contributed by atoms with Crippen molar-refractivity contribution in [1.82, 2.24) is 10.2 Å². The van der Waals surface area contributed by atoms with Crippen molar-refractivity contribution in [2.24, 2.45) is 5.73 Å². The molecule has 8 nitrogen and oxygen atoms in total. The van der Waals surface area contributed by atoms with Gasteiger partial charge < -0.3 is 11.1 Å². The predicted molar refractivity (Wildman–Crippen MR) is 158 cm³/mol. The Bertz CT molecular complexity index is 1440. The Hall–Kier alpha value is -2.63. The molecule has 3 aromatic rings. The third-order valence-electron chi connectivity index (χ3n) is 6.49. The van der Waals surface area contributed by atoms with E-state index in [0.717, 1.165) is 17.4 Å². The molecule has 0 spiro atoms. The molecular weight excluding hydrogens is 627 g/mol. The largest absolute Gasteiger partial charge is 0.368 e. The number of nitrogens with one attached hydrogen (secondary N) is 1. The Labute approximate surface area is 246 Å². The number of amides is 2. The third kappa shape index (κ3) is 6.93. The number of likely N-dealkylation sites (tertiary alicyclic amines) is 1. The molecule has 1 fully saturated rings. The predicted octanol–water partition coefficient (Wildman–Crippen LogP) is 4.60. The second-order valence-electron chi connectivity index (χ2n) is 9.47. The van der Waals surface area contributed by atoms with E-state index in [1.165, 1.54) is 17.3 Å². The van der Waals surface area contributed by atoms with E-state index < -0.39 is 27.9 Å². The molecule has 3 N–H and O–H groups in total. The minimum absolute atomic E-state index is 0.142. The lowest BCUT2D eigenvalue weighted by Gasteiger charge is -2.48. The molecule has 0 aliphatic carbocycles. The smallest absolute Gasteiger partial charge is 0.252 e. The number of hydrogen-bond donors (Lipinski definition) is 2. The maximum atomic E-state index is 13.0. The lowest BCUT2D eigenvalue weighted by atomic mass is 9.93. The minimum atomic E-state index is -3.72. The zero-order valence-electron chi connectivity index (χ0n) is 21.1. The summed E-state index contributed by atoms with van der Waals surface area (Å²) in [5, 5.41) is 3.77. The molecule has 12 heteroatoms. The van der Waals surface area contributed by atoms with Crippen LogP contribution in [0.5, 0.6) is 0 Å². The fourth-order valence-corrected chi connectivity index (χ4v) is 6.50. The summed E-state index contributed by atoms with van der Waals surface area (Å²) in [6.07, 6.45) is 1.14. The van der Waals surface area contributed by atoms with Gasteiger partial charge in [0.05, 0.1) is 24.0 Å². The molecule has 1 unspecified atom stereocenters. The maximum absolute atomic E-state index is 13.0. The Morgan fingerprint density at radius 2 is 1.51 bits per heavy atom. The molecule has 1 heterocycles. The van der Waals surface area contributed by atoms with Crippen LogP contribution in [0.25, 0.3) is 0 Å². The molecule has 2 amide bonds. The lowest BCUT2D eigenvalue weighted by Crippen LogP contribution is -2.61. The van der Waals surface area contributed by atoms with Gasteiger partial charge in [-0.25, -0.2) is 8.42 Å². The molecule has 1 aliphatic heterocycles. The highest BCUT2D eigenvalue weighted by Gasteiger charge is 2.41. The van der Waals surface area contributed by atoms with Gasteiger partial charge in [-0.05, 0) is 60.5 Å². The summed E-state index contributed by atoms with van der Waals surface area (Å²) in [6, 6.07) is 18.4. The van der Waals surface area contributed by atoms with Gasteiger partial charge in [-0.2, -0.15) is 0 Å². The van der Waals surface area contributed by atoms with Crippen molar-refractivity contribution in [3.63, 3.8) is 0 Å². The van der Waals surface area contributed by atoms with Gasteiger partial charge in [0.1, 0.15) is 6.04 Å². The van der Waals surface area contributed by atoms with E-state index in [0.29, 0.717) is 33.3 Å². The number of halogens is 3. The summed E-state index contributed by atoms with van der Waals surface area (Å²) in [7, 11) is -3.72. The summed E-state index contributed by atoms with van der Waals surface area (Å²) in [4.78, 5) is 26.3. The summed E-state index contributed by atoms with van der Waals surface area (Å²) in [5.74, 6) is -1.22. The number of sulfonamides is 1. The Morgan fingerprint density at radius 3 is 1.97 bits per heavy atom. The van der Waals surface area contributed by atoms with Crippen molar-refractivity contribution in [2.75, 3.05) is 23.7 Å². The van der Waals surface area contributed by atoms with Gasteiger partial charge in [0, 0.05) is 33.2 Å². The molecule has 0 bridgehead atoms. The zero-order valence-corrected chi connectivity index (χ0v) is 25.1. The normalized spacial score (nSPS) is 15.0. The molecule has 206 valence electrons. The fourth-order valence-electron chi connectivity index (χ4n) is 4.61. The van der Waals surface area contributed by atoms with E-state index in [2.05, 4.69) is 26.1 Å². The molecule has 1 atom stereocenters. The van der Waals surface area contributed by atoms with Crippen LogP contribution in [0.3, 0.4) is 0 Å². The van der Waals surface area contributed by atoms with Crippen LogP contribution in [0.15, 0.2) is 71.2 Å². The monoisotopic (exact) mass is 652 g/mol. The van der Waals surface area contributed by atoms with Gasteiger partial charge in [-0.3, -0.25) is 18.8 Å². The van der Waals surface area contributed by atoms with Gasteiger partial charge >= 0.3 is 0 Å². The first-order valence-corrected chi connectivity index (χ1v) is 15.4. The number of hydrogen-bond acceptors (Lipinski definition) is 5. The first-order chi connectivity index (χ1) is 18.3. The average Bonchev–Trinajstić information content (AvgIpc) is 2.83. The number of primary amides is 1. The highest BCUT2D eigenvalue weighted by molar-refractivity contribution is 9.10. The molecule has 0 aromatic heterocycles. The molecule has 0 saturated carbocycles. The maximum Gasteiger partial charge on any atom is 0.252 e.